The molecular weight excluding hydrogens is 186 g/mol. The second-order valence-electron chi connectivity index (χ2n) is 3.80. The topological polar surface area (TPSA) is 30.0 Å². The van der Waals surface area contributed by atoms with Crippen molar-refractivity contribution in [2.24, 2.45) is 5.92 Å². The molecule has 76 valence electrons. The maximum absolute atomic E-state index is 10.6. The van der Waals surface area contributed by atoms with Gasteiger partial charge in [0.25, 0.3) is 0 Å². The van der Waals surface area contributed by atoms with Gasteiger partial charge in [0.2, 0.25) is 0 Å². The van der Waals surface area contributed by atoms with Crippen LogP contribution >= 0.6 is 0 Å². The standard InChI is InChI=1S/C13H13NO/c1-10(9-15)8-11-4-2-6-13-12(11)5-3-7-14-13/h2-7,9-10H,8H2,1H3. The van der Waals surface area contributed by atoms with Crippen molar-refractivity contribution in [3.63, 3.8) is 0 Å². The summed E-state index contributed by atoms with van der Waals surface area (Å²) in [5.41, 5.74) is 2.19. The van der Waals surface area contributed by atoms with Crippen LogP contribution in [-0.4, -0.2) is 11.3 Å². The molecule has 1 aromatic carbocycles. The average Bonchev–Trinajstić information content (AvgIpc) is 2.29. The number of pyridine rings is 1. The van der Waals surface area contributed by atoms with Crippen molar-refractivity contribution in [3.8, 4) is 0 Å². The normalized spacial score (nSPS) is 12.6. The van der Waals surface area contributed by atoms with Crippen molar-refractivity contribution in [1.82, 2.24) is 4.98 Å². The Balaban J connectivity index is 2.46. The van der Waals surface area contributed by atoms with Crippen LogP contribution in [0.2, 0.25) is 0 Å². The summed E-state index contributed by atoms with van der Waals surface area (Å²) < 4.78 is 0. The number of aldehydes is 1. The Morgan fingerprint density at radius 1 is 1.33 bits per heavy atom. The maximum Gasteiger partial charge on any atom is 0.123 e. The van der Waals surface area contributed by atoms with E-state index in [0.717, 1.165) is 23.6 Å². The van der Waals surface area contributed by atoms with Gasteiger partial charge in [-0.15, -0.1) is 0 Å². The maximum atomic E-state index is 10.6. The molecule has 1 aromatic heterocycles. The van der Waals surface area contributed by atoms with Crippen molar-refractivity contribution in [2.45, 2.75) is 13.3 Å². The number of fused-ring (bicyclic) bond motifs is 1. The Bertz CT molecular complexity index is 473. The number of carbonyl (C=O) groups is 1. The third-order valence-corrected chi connectivity index (χ3v) is 2.51. The van der Waals surface area contributed by atoms with E-state index in [1.165, 1.54) is 5.56 Å². The van der Waals surface area contributed by atoms with Crippen LogP contribution in [0.25, 0.3) is 10.9 Å². The minimum absolute atomic E-state index is 0.0656. The van der Waals surface area contributed by atoms with Crippen molar-refractivity contribution in [1.29, 1.82) is 0 Å². The fourth-order valence-corrected chi connectivity index (χ4v) is 1.74. The molecule has 1 atom stereocenters. The predicted molar refractivity (Wildman–Crippen MR) is 60.7 cm³/mol. The number of benzene rings is 1. The highest BCUT2D eigenvalue weighted by atomic mass is 16.1. The first kappa shape index (κ1) is 9.84. The number of carbonyl (C=O) groups excluding carboxylic acids is 1. The molecule has 0 bridgehead atoms. The smallest absolute Gasteiger partial charge is 0.123 e. The molecule has 2 nitrogen and oxygen atoms in total. The number of rotatable bonds is 3. The van der Waals surface area contributed by atoms with E-state index in [1.54, 1.807) is 6.20 Å². The van der Waals surface area contributed by atoms with Gasteiger partial charge in [0.05, 0.1) is 5.52 Å². The quantitative estimate of drug-likeness (QED) is 0.711. The Labute approximate surface area is 89.0 Å². The van der Waals surface area contributed by atoms with E-state index in [-0.39, 0.29) is 5.92 Å². The highest BCUT2D eigenvalue weighted by Crippen LogP contribution is 2.18. The molecule has 0 fully saturated rings. The highest BCUT2D eigenvalue weighted by Gasteiger charge is 2.05. The molecule has 0 aliphatic rings. The van der Waals surface area contributed by atoms with Gasteiger partial charge in [-0.3, -0.25) is 4.98 Å². The summed E-state index contributed by atoms with van der Waals surface area (Å²) in [6.45, 7) is 1.93. The van der Waals surface area contributed by atoms with E-state index < -0.39 is 0 Å². The van der Waals surface area contributed by atoms with Crippen molar-refractivity contribution in [3.05, 3.63) is 42.1 Å². The van der Waals surface area contributed by atoms with Crippen LogP contribution in [0.3, 0.4) is 0 Å². The lowest BCUT2D eigenvalue weighted by Crippen LogP contribution is -2.01. The summed E-state index contributed by atoms with van der Waals surface area (Å²) in [6.07, 6.45) is 3.57. The third kappa shape index (κ3) is 2.04. The minimum atomic E-state index is 0.0656. The zero-order valence-corrected chi connectivity index (χ0v) is 8.68. The molecule has 0 saturated heterocycles. The lowest BCUT2D eigenvalue weighted by molar-refractivity contribution is -0.110. The second kappa shape index (κ2) is 4.22. The van der Waals surface area contributed by atoms with Crippen molar-refractivity contribution < 1.29 is 4.79 Å². The monoisotopic (exact) mass is 199 g/mol. The molecule has 1 unspecified atom stereocenters. The molecular formula is C13H13NO. The molecule has 2 rings (SSSR count). The molecule has 1 heterocycles. The SMILES string of the molecule is CC(C=O)Cc1cccc2ncccc12. The number of hydrogen-bond donors (Lipinski definition) is 0. The zero-order valence-electron chi connectivity index (χ0n) is 8.68. The lowest BCUT2D eigenvalue weighted by atomic mass is 9.99. The lowest BCUT2D eigenvalue weighted by Gasteiger charge is -2.07. The molecule has 0 amide bonds. The van der Waals surface area contributed by atoms with Crippen LogP contribution in [0.15, 0.2) is 36.5 Å². The zero-order chi connectivity index (χ0) is 10.7. The summed E-state index contributed by atoms with van der Waals surface area (Å²) in [5.74, 6) is 0.0656. The fourth-order valence-electron chi connectivity index (χ4n) is 1.74. The summed E-state index contributed by atoms with van der Waals surface area (Å²) in [7, 11) is 0. The van der Waals surface area contributed by atoms with Gasteiger partial charge in [-0.25, -0.2) is 0 Å². The Morgan fingerprint density at radius 2 is 2.20 bits per heavy atom. The summed E-state index contributed by atoms with van der Waals surface area (Å²) in [5, 5.41) is 1.15. The largest absolute Gasteiger partial charge is 0.303 e. The first-order valence-corrected chi connectivity index (χ1v) is 5.09. The summed E-state index contributed by atoms with van der Waals surface area (Å²) >= 11 is 0. The van der Waals surface area contributed by atoms with Crippen molar-refractivity contribution in [2.75, 3.05) is 0 Å². The summed E-state index contributed by atoms with van der Waals surface area (Å²) in [6, 6.07) is 10.0. The second-order valence-corrected chi connectivity index (χ2v) is 3.80. The molecule has 0 spiro atoms. The minimum Gasteiger partial charge on any atom is -0.303 e. The molecule has 0 N–H and O–H groups in total. The van der Waals surface area contributed by atoms with E-state index in [4.69, 9.17) is 0 Å². The summed E-state index contributed by atoms with van der Waals surface area (Å²) in [4.78, 5) is 14.9. The number of hydrogen-bond acceptors (Lipinski definition) is 2. The molecule has 0 aliphatic carbocycles. The van der Waals surface area contributed by atoms with Crippen molar-refractivity contribution >= 4 is 17.2 Å². The number of aromatic nitrogens is 1. The molecule has 2 heteroatoms. The Kier molecular flexibility index (Phi) is 2.77. The Hall–Kier alpha value is -1.70. The van der Waals surface area contributed by atoms with Gasteiger partial charge in [0.1, 0.15) is 6.29 Å². The van der Waals surface area contributed by atoms with Gasteiger partial charge >= 0.3 is 0 Å². The van der Waals surface area contributed by atoms with E-state index in [2.05, 4.69) is 17.1 Å². The first-order chi connectivity index (χ1) is 7.31. The first-order valence-electron chi connectivity index (χ1n) is 5.09. The molecule has 0 aliphatic heterocycles. The van der Waals surface area contributed by atoms with Crippen LogP contribution in [0.5, 0.6) is 0 Å². The van der Waals surface area contributed by atoms with Crippen LogP contribution in [-0.2, 0) is 11.2 Å². The van der Waals surface area contributed by atoms with E-state index in [0.29, 0.717) is 0 Å². The van der Waals surface area contributed by atoms with Gasteiger partial charge in [0.15, 0.2) is 0 Å². The molecule has 0 saturated carbocycles. The highest BCUT2D eigenvalue weighted by molar-refractivity contribution is 5.82. The van der Waals surface area contributed by atoms with E-state index >= 15 is 0 Å². The predicted octanol–water partition coefficient (Wildman–Crippen LogP) is 2.61. The van der Waals surface area contributed by atoms with E-state index in [1.807, 2.05) is 25.1 Å². The molecule has 0 radical (unpaired) electrons. The van der Waals surface area contributed by atoms with Gasteiger partial charge in [-0.1, -0.05) is 25.1 Å². The van der Waals surface area contributed by atoms with Crippen LogP contribution in [0.1, 0.15) is 12.5 Å². The van der Waals surface area contributed by atoms with Gasteiger partial charge < -0.3 is 4.79 Å². The van der Waals surface area contributed by atoms with Gasteiger partial charge in [0, 0.05) is 17.5 Å². The van der Waals surface area contributed by atoms with Crippen LogP contribution < -0.4 is 0 Å². The molecule has 2 aromatic rings. The Morgan fingerprint density at radius 3 is 3.00 bits per heavy atom. The van der Waals surface area contributed by atoms with Gasteiger partial charge in [-0.2, -0.15) is 0 Å². The third-order valence-electron chi connectivity index (χ3n) is 2.51. The van der Waals surface area contributed by atoms with Crippen LogP contribution in [0, 0.1) is 5.92 Å². The van der Waals surface area contributed by atoms with Crippen LogP contribution in [0.4, 0.5) is 0 Å². The average molecular weight is 199 g/mol. The molecule has 15 heavy (non-hydrogen) atoms. The fraction of sp³-hybridized carbons (Fsp3) is 0.231. The number of nitrogens with zero attached hydrogens (tertiary/aromatic N) is 1. The van der Waals surface area contributed by atoms with Gasteiger partial charge in [-0.05, 0) is 24.1 Å². The van der Waals surface area contributed by atoms with E-state index in [9.17, 15) is 4.79 Å².